The van der Waals surface area contributed by atoms with Crippen LogP contribution in [0.25, 0.3) is 16.5 Å². The third-order valence-corrected chi connectivity index (χ3v) is 4.03. The Labute approximate surface area is 145 Å². The van der Waals surface area contributed by atoms with Crippen LogP contribution < -0.4 is 10.5 Å². The SMILES string of the molecule is C=C(C(=O)c1ccccc1OCC(O)CN)c1cccc2[nH]ccc12. The molecule has 0 aliphatic rings. The highest BCUT2D eigenvalue weighted by molar-refractivity contribution is 6.31. The Morgan fingerprint density at radius 2 is 1.92 bits per heavy atom. The molecule has 1 atom stereocenters. The lowest BCUT2D eigenvalue weighted by molar-refractivity contribution is 0.102. The number of rotatable bonds is 7. The van der Waals surface area contributed by atoms with E-state index < -0.39 is 6.10 Å². The van der Waals surface area contributed by atoms with Crippen LogP contribution in [0.4, 0.5) is 0 Å². The normalized spacial score (nSPS) is 12.1. The number of aliphatic hydroxyl groups excluding tert-OH is 1. The summed E-state index contributed by atoms with van der Waals surface area (Å²) in [5, 5.41) is 10.5. The molecule has 128 valence electrons. The molecule has 3 aromatic rings. The first kappa shape index (κ1) is 17.0. The number of hydrogen-bond donors (Lipinski definition) is 3. The molecule has 0 amide bonds. The molecule has 2 aromatic carbocycles. The largest absolute Gasteiger partial charge is 0.490 e. The molecule has 25 heavy (non-hydrogen) atoms. The molecule has 5 nitrogen and oxygen atoms in total. The van der Waals surface area contributed by atoms with Crippen LogP contribution in [0, 0.1) is 0 Å². The molecule has 0 aliphatic carbocycles. The van der Waals surface area contributed by atoms with Crippen molar-refractivity contribution in [2.45, 2.75) is 6.10 Å². The van der Waals surface area contributed by atoms with Gasteiger partial charge < -0.3 is 20.6 Å². The second kappa shape index (κ2) is 7.34. The number of ether oxygens (including phenoxy) is 1. The number of aromatic nitrogens is 1. The van der Waals surface area contributed by atoms with Crippen molar-refractivity contribution in [2.24, 2.45) is 5.73 Å². The van der Waals surface area contributed by atoms with Crippen LogP contribution in [-0.2, 0) is 0 Å². The van der Waals surface area contributed by atoms with Gasteiger partial charge in [-0.3, -0.25) is 4.79 Å². The fourth-order valence-corrected chi connectivity index (χ4v) is 2.67. The van der Waals surface area contributed by atoms with Gasteiger partial charge in [-0.2, -0.15) is 0 Å². The predicted octanol–water partition coefficient (Wildman–Crippen LogP) is 2.76. The van der Waals surface area contributed by atoms with E-state index in [1.165, 1.54) is 0 Å². The van der Waals surface area contributed by atoms with Crippen molar-refractivity contribution in [1.82, 2.24) is 4.98 Å². The minimum Gasteiger partial charge on any atom is -0.490 e. The van der Waals surface area contributed by atoms with Crippen molar-refractivity contribution in [1.29, 1.82) is 0 Å². The van der Waals surface area contributed by atoms with Crippen LogP contribution in [0.2, 0.25) is 0 Å². The van der Waals surface area contributed by atoms with E-state index in [0.717, 1.165) is 16.5 Å². The van der Waals surface area contributed by atoms with Crippen molar-refractivity contribution in [3.05, 3.63) is 72.4 Å². The summed E-state index contributed by atoms with van der Waals surface area (Å²) in [4.78, 5) is 16.1. The second-order valence-electron chi connectivity index (χ2n) is 5.75. The topological polar surface area (TPSA) is 88.3 Å². The van der Waals surface area contributed by atoms with E-state index in [1.54, 1.807) is 24.3 Å². The molecule has 1 aromatic heterocycles. The van der Waals surface area contributed by atoms with Gasteiger partial charge in [0, 0.05) is 29.2 Å². The number of nitrogens with one attached hydrogen (secondary N) is 1. The van der Waals surface area contributed by atoms with E-state index in [0.29, 0.717) is 16.9 Å². The summed E-state index contributed by atoms with van der Waals surface area (Å²) < 4.78 is 5.57. The monoisotopic (exact) mass is 336 g/mol. The first-order valence-corrected chi connectivity index (χ1v) is 8.02. The maximum Gasteiger partial charge on any atom is 0.196 e. The lowest BCUT2D eigenvalue weighted by atomic mass is 9.95. The Hall–Kier alpha value is -2.89. The van der Waals surface area contributed by atoms with Gasteiger partial charge in [-0.15, -0.1) is 0 Å². The minimum atomic E-state index is -0.778. The molecule has 0 radical (unpaired) electrons. The Kier molecular flexibility index (Phi) is 4.97. The van der Waals surface area contributed by atoms with Gasteiger partial charge in [-0.25, -0.2) is 0 Å². The van der Waals surface area contributed by atoms with Crippen molar-refractivity contribution in [2.75, 3.05) is 13.2 Å². The van der Waals surface area contributed by atoms with Gasteiger partial charge >= 0.3 is 0 Å². The highest BCUT2D eigenvalue weighted by atomic mass is 16.5. The molecular formula is C20H20N2O3. The highest BCUT2D eigenvalue weighted by Gasteiger charge is 2.19. The predicted molar refractivity (Wildman–Crippen MR) is 98.7 cm³/mol. The van der Waals surface area contributed by atoms with Crippen molar-refractivity contribution >= 4 is 22.3 Å². The van der Waals surface area contributed by atoms with E-state index in [2.05, 4.69) is 11.6 Å². The summed E-state index contributed by atoms with van der Waals surface area (Å²) in [6, 6.07) is 14.5. The molecule has 0 bridgehead atoms. The maximum absolute atomic E-state index is 13.0. The first-order valence-electron chi connectivity index (χ1n) is 8.02. The number of H-pyrrole nitrogens is 1. The van der Waals surface area contributed by atoms with Gasteiger partial charge in [-0.05, 0) is 29.8 Å². The third kappa shape index (κ3) is 3.47. The summed E-state index contributed by atoms with van der Waals surface area (Å²) in [6.45, 7) is 4.12. The molecule has 3 rings (SSSR count). The van der Waals surface area contributed by atoms with Crippen LogP contribution in [0.3, 0.4) is 0 Å². The zero-order chi connectivity index (χ0) is 17.8. The molecule has 0 aliphatic heterocycles. The number of fused-ring (bicyclic) bond motifs is 1. The molecule has 5 heteroatoms. The number of para-hydroxylation sites is 1. The number of aromatic amines is 1. The molecule has 0 fully saturated rings. The van der Waals surface area contributed by atoms with Crippen molar-refractivity contribution in [3.8, 4) is 5.75 Å². The summed E-state index contributed by atoms with van der Waals surface area (Å²) in [5.41, 5.74) is 7.91. The van der Waals surface area contributed by atoms with E-state index in [9.17, 15) is 9.90 Å². The average Bonchev–Trinajstić information content (AvgIpc) is 3.14. The quantitative estimate of drug-likeness (QED) is 0.457. The molecule has 1 unspecified atom stereocenters. The molecular weight excluding hydrogens is 316 g/mol. The van der Waals surface area contributed by atoms with Gasteiger partial charge in [0.05, 0.1) is 5.56 Å². The number of carbonyl (C=O) groups excluding carboxylic acids is 1. The summed E-state index contributed by atoms with van der Waals surface area (Å²) >= 11 is 0. The first-order chi connectivity index (χ1) is 12.1. The summed E-state index contributed by atoms with van der Waals surface area (Å²) in [6.07, 6.45) is 1.05. The van der Waals surface area contributed by atoms with Crippen LogP contribution in [0.5, 0.6) is 5.75 Å². The van der Waals surface area contributed by atoms with Crippen molar-refractivity contribution in [3.63, 3.8) is 0 Å². The lowest BCUT2D eigenvalue weighted by Crippen LogP contribution is -2.27. The fourth-order valence-electron chi connectivity index (χ4n) is 2.67. The van der Waals surface area contributed by atoms with Crippen LogP contribution in [-0.4, -0.2) is 35.1 Å². The van der Waals surface area contributed by atoms with E-state index >= 15 is 0 Å². The number of Topliss-reactive ketones (excluding diaryl/α,β-unsaturated/α-hetero) is 1. The fraction of sp³-hybridized carbons (Fsp3) is 0.150. The maximum atomic E-state index is 13.0. The molecule has 4 N–H and O–H groups in total. The van der Waals surface area contributed by atoms with E-state index in [1.807, 2.05) is 30.5 Å². The number of benzene rings is 2. The van der Waals surface area contributed by atoms with Gasteiger partial charge in [0.1, 0.15) is 18.5 Å². The minimum absolute atomic E-state index is 0.0284. The summed E-state index contributed by atoms with van der Waals surface area (Å²) in [7, 11) is 0. The molecule has 0 saturated heterocycles. The standard InChI is InChI=1S/C20H20N2O3/c1-13(15-6-4-7-18-16(15)9-10-22-18)20(24)17-5-2-3-8-19(17)25-12-14(23)11-21/h2-10,14,22-23H,1,11-12,21H2. The van der Waals surface area contributed by atoms with Crippen LogP contribution in [0.1, 0.15) is 15.9 Å². The summed E-state index contributed by atoms with van der Waals surface area (Å²) in [5.74, 6) is 0.189. The smallest absolute Gasteiger partial charge is 0.196 e. The average molecular weight is 336 g/mol. The number of aliphatic hydroxyl groups is 1. The Morgan fingerprint density at radius 3 is 2.72 bits per heavy atom. The lowest BCUT2D eigenvalue weighted by Gasteiger charge is -2.14. The highest BCUT2D eigenvalue weighted by Crippen LogP contribution is 2.29. The van der Waals surface area contributed by atoms with E-state index in [4.69, 9.17) is 10.5 Å². The van der Waals surface area contributed by atoms with Gasteiger partial charge in [0.2, 0.25) is 0 Å². The van der Waals surface area contributed by atoms with E-state index in [-0.39, 0.29) is 18.9 Å². The second-order valence-corrected chi connectivity index (χ2v) is 5.75. The third-order valence-electron chi connectivity index (χ3n) is 4.03. The number of nitrogens with two attached hydrogens (primary N) is 1. The Balaban J connectivity index is 1.90. The Bertz CT molecular complexity index is 914. The van der Waals surface area contributed by atoms with Gasteiger partial charge in [0.15, 0.2) is 5.78 Å². The number of allylic oxidation sites excluding steroid dienone is 1. The zero-order valence-corrected chi connectivity index (χ0v) is 13.7. The van der Waals surface area contributed by atoms with Gasteiger partial charge in [-0.1, -0.05) is 30.8 Å². The number of hydrogen-bond acceptors (Lipinski definition) is 4. The molecule has 0 spiro atoms. The zero-order valence-electron chi connectivity index (χ0n) is 13.7. The Morgan fingerprint density at radius 1 is 1.16 bits per heavy atom. The van der Waals surface area contributed by atoms with Crippen molar-refractivity contribution < 1.29 is 14.6 Å². The number of ketones is 1. The molecule has 0 saturated carbocycles. The van der Waals surface area contributed by atoms with Gasteiger partial charge in [0.25, 0.3) is 0 Å². The van der Waals surface area contributed by atoms with Crippen LogP contribution >= 0.6 is 0 Å². The number of carbonyl (C=O) groups is 1. The molecule has 1 heterocycles. The van der Waals surface area contributed by atoms with Crippen LogP contribution in [0.15, 0.2) is 61.3 Å².